The molecule has 1 rings (SSSR count). The third-order valence-corrected chi connectivity index (χ3v) is 1.69. The molecule has 0 bridgehead atoms. The van der Waals surface area contributed by atoms with Crippen LogP contribution in [0.5, 0.6) is 0 Å². The molecule has 1 aromatic heterocycles. The fraction of sp³-hybridized carbons (Fsp3) is 0.273. The highest BCUT2D eigenvalue weighted by Gasteiger charge is 1.97. The van der Waals surface area contributed by atoms with E-state index in [2.05, 4.69) is 29.5 Å². The van der Waals surface area contributed by atoms with Crippen molar-refractivity contribution in [3.63, 3.8) is 0 Å². The Bertz CT molecular complexity index is 327. The summed E-state index contributed by atoms with van der Waals surface area (Å²) >= 11 is 0. The molecule has 0 fully saturated rings. The molecule has 0 aliphatic rings. The molecule has 2 nitrogen and oxygen atoms in total. The Morgan fingerprint density at radius 1 is 1.54 bits per heavy atom. The molecule has 0 amide bonds. The van der Waals surface area contributed by atoms with Crippen molar-refractivity contribution < 1.29 is 0 Å². The molecular formula is C11H14N2. The van der Waals surface area contributed by atoms with Crippen molar-refractivity contribution in [2.75, 3.05) is 0 Å². The van der Waals surface area contributed by atoms with E-state index < -0.39 is 0 Å². The summed E-state index contributed by atoms with van der Waals surface area (Å²) in [5.74, 6) is 0.781. The van der Waals surface area contributed by atoms with Gasteiger partial charge in [-0.1, -0.05) is 25.7 Å². The highest BCUT2D eigenvalue weighted by atomic mass is 14.9. The van der Waals surface area contributed by atoms with Gasteiger partial charge in [0.15, 0.2) is 0 Å². The molecule has 0 saturated carbocycles. The number of rotatable bonds is 3. The van der Waals surface area contributed by atoms with Gasteiger partial charge in [-0.05, 0) is 19.4 Å². The van der Waals surface area contributed by atoms with Crippen LogP contribution in [-0.2, 0) is 0 Å². The average molecular weight is 174 g/mol. The van der Waals surface area contributed by atoms with Crippen molar-refractivity contribution >= 4 is 12.2 Å². The molecule has 0 aliphatic heterocycles. The number of aryl methyl sites for hydroxylation is 1. The topological polar surface area (TPSA) is 25.8 Å². The summed E-state index contributed by atoms with van der Waals surface area (Å²) in [7, 11) is 0. The summed E-state index contributed by atoms with van der Waals surface area (Å²) in [6.45, 7) is 7.69. The second-order valence-electron chi connectivity index (χ2n) is 2.77. The van der Waals surface area contributed by atoms with Crippen LogP contribution in [0.2, 0.25) is 0 Å². The largest absolute Gasteiger partial charge is 0.241 e. The molecule has 0 aromatic carbocycles. The lowest BCUT2D eigenvalue weighted by molar-refractivity contribution is 1.04. The summed E-state index contributed by atoms with van der Waals surface area (Å²) in [5, 5.41) is 0. The van der Waals surface area contributed by atoms with Crippen molar-refractivity contribution in [1.29, 1.82) is 0 Å². The van der Waals surface area contributed by atoms with Gasteiger partial charge in [0.1, 0.15) is 5.82 Å². The van der Waals surface area contributed by atoms with Gasteiger partial charge in [-0.3, -0.25) is 0 Å². The van der Waals surface area contributed by atoms with Crippen molar-refractivity contribution in [3.8, 4) is 0 Å². The number of hydrogen-bond acceptors (Lipinski definition) is 2. The zero-order valence-corrected chi connectivity index (χ0v) is 8.12. The predicted octanol–water partition coefficient (Wildman–Crippen LogP) is 2.85. The maximum Gasteiger partial charge on any atom is 0.125 e. The maximum atomic E-state index is 4.26. The average Bonchev–Trinajstić information content (AvgIpc) is 2.16. The van der Waals surface area contributed by atoms with Gasteiger partial charge < -0.3 is 0 Å². The van der Waals surface area contributed by atoms with Crippen molar-refractivity contribution in [1.82, 2.24) is 9.97 Å². The first kappa shape index (κ1) is 9.65. The van der Waals surface area contributed by atoms with Crippen LogP contribution >= 0.6 is 0 Å². The highest BCUT2D eigenvalue weighted by Crippen LogP contribution is 2.08. The van der Waals surface area contributed by atoms with Gasteiger partial charge in [-0.2, -0.15) is 0 Å². The summed E-state index contributed by atoms with van der Waals surface area (Å²) in [6, 6.07) is 0. The zero-order valence-electron chi connectivity index (χ0n) is 8.12. The maximum absolute atomic E-state index is 4.26. The highest BCUT2D eigenvalue weighted by molar-refractivity contribution is 5.60. The molecule has 68 valence electrons. The van der Waals surface area contributed by atoms with Crippen LogP contribution in [0.25, 0.3) is 12.2 Å². The van der Waals surface area contributed by atoms with Crippen LogP contribution in [0.3, 0.4) is 0 Å². The third kappa shape index (κ3) is 2.51. The number of hydrogen-bond donors (Lipinski definition) is 0. The summed E-state index contributed by atoms with van der Waals surface area (Å²) in [5.41, 5.74) is 1.93. The Labute approximate surface area is 79.0 Å². The van der Waals surface area contributed by atoms with Crippen LogP contribution < -0.4 is 0 Å². The van der Waals surface area contributed by atoms with E-state index in [1.807, 2.05) is 19.2 Å². The van der Waals surface area contributed by atoms with Gasteiger partial charge in [0.25, 0.3) is 0 Å². The molecule has 0 unspecified atom stereocenters. The molecule has 0 aliphatic carbocycles. The van der Waals surface area contributed by atoms with E-state index in [0.29, 0.717) is 0 Å². The minimum atomic E-state index is 0.781. The summed E-state index contributed by atoms with van der Waals surface area (Å²) in [4.78, 5) is 8.39. The number of allylic oxidation sites excluding steroid dienone is 1. The molecule has 0 atom stereocenters. The molecule has 2 heteroatoms. The second kappa shape index (κ2) is 4.55. The van der Waals surface area contributed by atoms with Crippen LogP contribution in [-0.4, -0.2) is 9.97 Å². The van der Waals surface area contributed by atoms with E-state index in [9.17, 15) is 0 Å². The van der Waals surface area contributed by atoms with Crippen LogP contribution in [0, 0.1) is 6.92 Å². The van der Waals surface area contributed by atoms with Crippen LogP contribution in [0.1, 0.15) is 30.4 Å². The quantitative estimate of drug-likeness (QED) is 0.704. The SMILES string of the molecule is C=Cc1nc(C)ncc1/C=C\CC. The molecule has 0 N–H and O–H groups in total. The van der Waals surface area contributed by atoms with E-state index in [1.54, 1.807) is 6.08 Å². The van der Waals surface area contributed by atoms with Crippen molar-refractivity contribution in [3.05, 3.63) is 35.9 Å². The molecular weight excluding hydrogens is 160 g/mol. The van der Waals surface area contributed by atoms with Crippen molar-refractivity contribution in [2.45, 2.75) is 20.3 Å². The van der Waals surface area contributed by atoms with E-state index >= 15 is 0 Å². The summed E-state index contributed by atoms with van der Waals surface area (Å²) in [6.07, 6.45) is 8.71. The molecule has 0 spiro atoms. The normalized spacial score (nSPS) is 10.6. The minimum absolute atomic E-state index is 0.781. The van der Waals surface area contributed by atoms with Gasteiger partial charge in [0, 0.05) is 11.8 Å². The first-order chi connectivity index (χ1) is 6.27. The second-order valence-corrected chi connectivity index (χ2v) is 2.77. The van der Waals surface area contributed by atoms with Crippen LogP contribution in [0.15, 0.2) is 18.9 Å². The predicted molar refractivity (Wildman–Crippen MR) is 56.2 cm³/mol. The molecule has 13 heavy (non-hydrogen) atoms. The standard InChI is InChI=1S/C11H14N2/c1-4-6-7-10-8-12-9(3)13-11(10)5-2/h5-8H,2,4H2,1,3H3/b7-6-. The monoisotopic (exact) mass is 174 g/mol. The third-order valence-electron chi connectivity index (χ3n) is 1.69. The lowest BCUT2D eigenvalue weighted by Crippen LogP contribution is -1.92. The molecule has 1 heterocycles. The molecule has 1 aromatic rings. The Morgan fingerprint density at radius 3 is 2.92 bits per heavy atom. The smallest absolute Gasteiger partial charge is 0.125 e. The van der Waals surface area contributed by atoms with Crippen molar-refractivity contribution in [2.24, 2.45) is 0 Å². The summed E-state index contributed by atoms with van der Waals surface area (Å²) < 4.78 is 0. The Balaban J connectivity index is 3.06. The fourth-order valence-electron chi connectivity index (χ4n) is 1.03. The zero-order chi connectivity index (χ0) is 9.68. The van der Waals surface area contributed by atoms with Crippen LogP contribution in [0.4, 0.5) is 0 Å². The lowest BCUT2D eigenvalue weighted by Gasteiger charge is -1.99. The number of aromatic nitrogens is 2. The van der Waals surface area contributed by atoms with E-state index in [1.165, 1.54) is 0 Å². The lowest BCUT2D eigenvalue weighted by atomic mass is 10.2. The Kier molecular flexibility index (Phi) is 3.38. The van der Waals surface area contributed by atoms with Gasteiger partial charge in [-0.25, -0.2) is 9.97 Å². The first-order valence-electron chi connectivity index (χ1n) is 4.40. The molecule has 0 saturated heterocycles. The van der Waals surface area contributed by atoms with Gasteiger partial charge in [-0.15, -0.1) is 0 Å². The Hall–Kier alpha value is -1.44. The molecule has 0 radical (unpaired) electrons. The fourth-order valence-corrected chi connectivity index (χ4v) is 1.03. The van der Waals surface area contributed by atoms with Gasteiger partial charge in [0.05, 0.1) is 5.69 Å². The van der Waals surface area contributed by atoms with E-state index in [-0.39, 0.29) is 0 Å². The Morgan fingerprint density at radius 2 is 2.31 bits per heavy atom. The van der Waals surface area contributed by atoms with Gasteiger partial charge in [0.2, 0.25) is 0 Å². The van der Waals surface area contributed by atoms with E-state index in [4.69, 9.17) is 0 Å². The number of nitrogens with zero attached hydrogens (tertiary/aromatic N) is 2. The minimum Gasteiger partial charge on any atom is -0.241 e. The van der Waals surface area contributed by atoms with Gasteiger partial charge >= 0.3 is 0 Å². The first-order valence-corrected chi connectivity index (χ1v) is 4.40. The van der Waals surface area contributed by atoms with E-state index in [0.717, 1.165) is 23.5 Å².